The predicted octanol–water partition coefficient (Wildman–Crippen LogP) is 0.157. The molecule has 1 rings (SSSR count). The molecule has 0 aliphatic carbocycles. The maximum atomic E-state index is 11.6. The molecule has 0 radical (unpaired) electrons. The van der Waals surface area contributed by atoms with Crippen LogP contribution in [-0.4, -0.2) is 25.2 Å². The lowest BCUT2D eigenvalue weighted by molar-refractivity contribution is 0.568. The Hall–Kier alpha value is -0.980. The topological polar surface area (TPSA) is 85.1 Å². The summed E-state index contributed by atoms with van der Waals surface area (Å²) in [5.41, 5.74) is 7.21. The maximum Gasteiger partial charge on any atom is 0.215 e. The minimum absolute atomic E-state index is 0.116. The fourth-order valence-electron chi connectivity index (χ4n) is 1.15. The highest BCUT2D eigenvalue weighted by Crippen LogP contribution is 2.06. The van der Waals surface area contributed by atoms with Crippen molar-refractivity contribution in [1.82, 2.24) is 9.71 Å². The molecule has 1 atom stereocenters. The summed E-state index contributed by atoms with van der Waals surface area (Å²) in [5, 5.41) is -0.574. The molecule has 90 valence electrons. The van der Waals surface area contributed by atoms with Crippen LogP contribution in [0.2, 0.25) is 0 Å². The number of aryl methyl sites for hydroxylation is 1. The SMILES string of the molecule is Cc1cnccc1CNS(=O)(=O)C(C)CN. The van der Waals surface area contributed by atoms with E-state index in [1.54, 1.807) is 25.4 Å². The van der Waals surface area contributed by atoms with Gasteiger partial charge in [0, 0.05) is 25.5 Å². The highest BCUT2D eigenvalue weighted by atomic mass is 32.2. The molecule has 0 saturated carbocycles. The number of sulfonamides is 1. The Morgan fingerprint density at radius 3 is 2.81 bits per heavy atom. The summed E-state index contributed by atoms with van der Waals surface area (Å²) in [4.78, 5) is 3.94. The van der Waals surface area contributed by atoms with Gasteiger partial charge in [0.25, 0.3) is 0 Å². The molecule has 6 heteroatoms. The number of nitrogens with one attached hydrogen (secondary N) is 1. The number of aromatic nitrogens is 1. The zero-order chi connectivity index (χ0) is 12.2. The fourth-order valence-corrected chi connectivity index (χ4v) is 2.04. The Labute approximate surface area is 96.1 Å². The van der Waals surface area contributed by atoms with Crippen molar-refractivity contribution in [2.75, 3.05) is 6.54 Å². The number of hydrogen-bond acceptors (Lipinski definition) is 4. The van der Waals surface area contributed by atoms with Crippen LogP contribution in [0.1, 0.15) is 18.1 Å². The number of nitrogens with zero attached hydrogens (tertiary/aromatic N) is 1. The van der Waals surface area contributed by atoms with Gasteiger partial charge in [-0.05, 0) is 31.0 Å². The zero-order valence-corrected chi connectivity index (χ0v) is 10.3. The van der Waals surface area contributed by atoms with Crippen LogP contribution >= 0.6 is 0 Å². The molecule has 3 N–H and O–H groups in total. The lowest BCUT2D eigenvalue weighted by Crippen LogP contribution is -2.36. The Balaban J connectivity index is 2.69. The van der Waals surface area contributed by atoms with Crippen LogP contribution in [0.5, 0.6) is 0 Å². The van der Waals surface area contributed by atoms with E-state index in [0.29, 0.717) is 0 Å². The van der Waals surface area contributed by atoms with Crippen molar-refractivity contribution in [2.45, 2.75) is 25.6 Å². The quantitative estimate of drug-likeness (QED) is 0.771. The smallest absolute Gasteiger partial charge is 0.215 e. The fraction of sp³-hybridized carbons (Fsp3) is 0.500. The van der Waals surface area contributed by atoms with E-state index in [9.17, 15) is 8.42 Å². The first kappa shape index (κ1) is 13.1. The van der Waals surface area contributed by atoms with Crippen molar-refractivity contribution < 1.29 is 8.42 Å². The molecule has 16 heavy (non-hydrogen) atoms. The average molecular weight is 243 g/mol. The molecular weight excluding hydrogens is 226 g/mol. The number of rotatable bonds is 5. The van der Waals surface area contributed by atoms with E-state index in [4.69, 9.17) is 5.73 Å². The second-order valence-electron chi connectivity index (χ2n) is 3.71. The maximum absolute atomic E-state index is 11.6. The third-order valence-electron chi connectivity index (χ3n) is 2.46. The molecule has 1 aromatic heterocycles. The van der Waals surface area contributed by atoms with Gasteiger partial charge in [-0.15, -0.1) is 0 Å². The lowest BCUT2D eigenvalue weighted by atomic mass is 10.2. The van der Waals surface area contributed by atoms with Gasteiger partial charge in [-0.3, -0.25) is 4.98 Å². The third-order valence-corrected chi connectivity index (χ3v) is 4.26. The molecule has 0 aromatic carbocycles. The van der Waals surface area contributed by atoms with Gasteiger partial charge in [0.2, 0.25) is 10.0 Å². The van der Waals surface area contributed by atoms with Crippen LogP contribution < -0.4 is 10.5 Å². The number of nitrogens with two attached hydrogens (primary N) is 1. The van der Waals surface area contributed by atoms with Crippen LogP contribution in [0.4, 0.5) is 0 Å². The van der Waals surface area contributed by atoms with Crippen molar-refractivity contribution in [3.05, 3.63) is 29.6 Å². The van der Waals surface area contributed by atoms with Crippen molar-refractivity contribution in [1.29, 1.82) is 0 Å². The standard InChI is InChI=1S/C10H17N3O2S/c1-8-6-12-4-3-10(8)7-13-16(14,15)9(2)5-11/h3-4,6,9,13H,5,7,11H2,1-2H3. The zero-order valence-electron chi connectivity index (χ0n) is 9.47. The van der Waals surface area contributed by atoms with E-state index in [2.05, 4.69) is 9.71 Å². The Kier molecular flexibility index (Phi) is 4.40. The first-order valence-electron chi connectivity index (χ1n) is 5.05. The van der Waals surface area contributed by atoms with Gasteiger partial charge in [0.05, 0.1) is 5.25 Å². The Morgan fingerprint density at radius 2 is 2.25 bits per heavy atom. The van der Waals surface area contributed by atoms with Gasteiger partial charge in [-0.1, -0.05) is 0 Å². The summed E-state index contributed by atoms with van der Waals surface area (Å²) < 4.78 is 25.8. The minimum Gasteiger partial charge on any atom is -0.329 e. The summed E-state index contributed by atoms with van der Waals surface area (Å²) >= 11 is 0. The molecular formula is C10H17N3O2S. The second kappa shape index (κ2) is 5.38. The van der Waals surface area contributed by atoms with E-state index < -0.39 is 15.3 Å². The molecule has 5 nitrogen and oxygen atoms in total. The highest BCUT2D eigenvalue weighted by molar-refractivity contribution is 7.90. The average Bonchev–Trinajstić information content (AvgIpc) is 2.27. The van der Waals surface area contributed by atoms with Gasteiger partial charge >= 0.3 is 0 Å². The molecule has 0 amide bonds. The predicted molar refractivity (Wildman–Crippen MR) is 63.2 cm³/mol. The summed E-state index contributed by atoms with van der Waals surface area (Å²) in [7, 11) is -3.32. The molecule has 1 aromatic rings. The van der Waals surface area contributed by atoms with Crippen LogP contribution in [-0.2, 0) is 16.6 Å². The van der Waals surface area contributed by atoms with Gasteiger partial charge in [0.15, 0.2) is 0 Å². The summed E-state index contributed by atoms with van der Waals surface area (Å²) in [6, 6.07) is 1.80. The molecule has 1 heterocycles. The Bertz CT molecular complexity index is 445. The Morgan fingerprint density at radius 1 is 1.56 bits per heavy atom. The monoisotopic (exact) mass is 243 g/mol. The molecule has 0 fully saturated rings. The summed E-state index contributed by atoms with van der Waals surface area (Å²) in [6.45, 7) is 3.87. The van der Waals surface area contributed by atoms with Gasteiger partial charge < -0.3 is 5.73 Å². The minimum atomic E-state index is -3.32. The molecule has 0 saturated heterocycles. The lowest BCUT2D eigenvalue weighted by Gasteiger charge is -2.12. The summed E-state index contributed by atoms with van der Waals surface area (Å²) in [6.07, 6.45) is 3.35. The molecule has 0 aliphatic rings. The molecule has 0 bridgehead atoms. The third kappa shape index (κ3) is 3.26. The van der Waals surface area contributed by atoms with E-state index in [0.717, 1.165) is 11.1 Å². The van der Waals surface area contributed by atoms with E-state index >= 15 is 0 Å². The van der Waals surface area contributed by atoms with Gasteiger partial charge in [-0.2, -0.15) is 0 Å². The first-order valence-corrected chi connectivity index (χ1v) is 6.60. The van der Waals surface area contributed by atoms with Gasteiger partial charge in [0.1, 0.15) is 0 Å². The normalized spacial score (nSPS) is 13.7. The van der Waals surface area contributed by atoms with E-state index in [-0.39, 0.29) is 13.1 Å². The van der Waals surface area contributed by atoms with E-state index in [1.807, 2.05) is 6.92 Å². The van der Waals surface area contributed by atoms with Crippen molar-refractivity contribution >= 4 is 10.0 Å². The van der Waals surface area contributed by atoms with Gasteiger partial charge in [-0.25, -0.2) is 13.1 Å². The molecule has 0 aliphatic heterocycles. The molecule has 1 unspecified atom stereocenters. The first-order chi connectivity index (χ1) is 7.47. The number of pyridine rings is 1. The highest BCUT2D eigenvalue weighted by Gasteiger charge is 2.18. The van der Waals surface area contributed by atoms with Crippen LogP contribution in [0.3, 0.4) is 0 Å². The van der Waals surface area contributed by atoms with E-state index in [1.165, 1.54) is 0 Å². The summed E-state index contributed by atoms with van der Waals surface area (Å²) in [5.74, 6) is 0. The number of hydrogen-bond donors (Lipinski definition) is 2. The van der Waals surface area contributed by atoms with Crippen LogP contribution in [0, 0.1) is 6.92 Å². The largest absolute Gasteiger partial charge is 0.329 e. The second-order valence-corrected chi connectivity index (χ2v) is 5.90. The van der Waals surface area contributed by atoms with Crippen molar-refractivity contribution in [3.8, 4) is 0 Å². The van der Waals surface area contributed by atoms with Crippen molar-refractivity contribution in [2.24, 2.45) is 5.73 Å². The van der Waals surface area contributed by atoms with Crippen LogP contribution in [0.15, 0.2) is 18.5 Å². The van der Waals surface area contributed by atoms with Crippen LogP contribution in [0.25, 0.3) is 0 Å². The molecule has 0 spiro atoms. The van der Waals surface area contributed by atoms with Crippen molar-refractivity contribution in [3.63, 3.8) is 0 Å².